The maximum Gasteiger partial charge on any atom is 0.241 e. The molecular weight excluding hydrogens is 292 g/mol. The molecule has 0 fully saturated rings. The number of primary sulfonamides is 1. The fourth-order valence-corrected chi connectivity index (χ4v) is 2.12. The maximum atomic E-state index is 13.7. The van der Waals surface area contributed by atoms with Crippen LogP contribution in [0.3, 0.4) is 0 Å². The number of benzene rings is 1. The molecule has 0 aliphatic heterocycles. The lowest BCUT2D eigenvalue weighted by Crippen LogP contribution is -2.15. The first kappa shape index (κ1) is 14.4. The molecule has 108 valence electrons. The number of ether oxygens (including phenoxy) is 1. The molecule has 0 bridgehead atoms. The van der Waals surface area contributed by atoms with E-state index in [9.17, 15) is 17.2 Å². The van der Waals surface area contributed by atoms with Gasteiger partial charge in [-0.1, -0.05) is 0 Å². The van der Waals surface area contributed by atoms with Gasteiger partial charge in [0, 0.05) is 7.05 Å². The monoisotopic (exact) mass is 303 g/mol. The molecule has 0 unspecified atom stereocenters. The predicted molar refractivity (Wildman–Crippen MR) is 65.3 cm³/mol. The van der Waals surface area contributed by atoms with Crippen molar-refractivity contribution < 1.29 is 21.9 Å². The highest BCUT2D eigenvalue weighted by Gasteiger charge is 2.21. The van der Waals surface area contributed by atoms with Gasteiger partial charge in [0.25, 0.3) is 0 Å². The Hall–Kier alpha value is -2.00. The van der Waals surface area contributed by atoms with Crippen LogP contribution in [0, 0.1) is 11.6 Å². The van der Waals surface area contributed by atoms with E-state index in [1.165, 1.54) is 12.5 Å². The van der Waals surface area contributed by atoms with Gasteiger partial charge in [0.1, 0.15) is 11.5 Å². The van der Waals surface area contributed by atoms with E-state index in [4.69, 9.17) is 9.88 Å². The molecule has 0 atom stereocenters. The van der Waals surface area contributed by atoms with E-state index >= 15 is 0 Å². The van der Waals surface area contributed by atoms with Gasteiger partial charge in [-0.15, -0.1) is 0 Å². The van der Waals surface area contributed by atoms with E-state index < -0.39 is 32.3 Å². The second-order valence-corrected chi connectivity index (χ2v) is 5.55. The molecule has 6 nitrogen and oxygen atoms in total. The van der Waals surface area contributed by atoms with E-state index in [2.05, 4.69) is 4.98 Å². The average Bonchev–Trinajstić information content (AvgIpc) is 2.75. The van der Waals surface area contributed by atoms with Crippen LogP contribution in [-0.4, -0.2) is 18.0 Å². The molecule has 1 aromatic heterocycles. The molecule has 9 heteroatoms. The number of halogens is 2. The summed E-state index contributed by atoms with van der Waals surface area (Å²) in [5.74, 6) is -3.37. The van der Waals surface area contributed by atoms with Gasteiger partial charge in [-0.05, 0) is 12.1 Å². The molecule has 2 N–H and O–H groups in total. The number of nitrogens with zero attached hydrogens (tertiary/aromatic N) is 2. The van der Waals surface area contributed by atoms with Gasteiger partial charge in [0.15, 0.2) is 11.6 Å². The SMILES string of the molecule is Cn1cncc1COc1ccc(S(N)(=O)=O)c(F)c1F. The van der Waals surface area contributed by atoms with Gasteiger partial charge in [-0.2, -0.15) is 4.39 Å². The third-order valence-electron chi connectivity index (χ3n) is 2.61. The first-order valence-electron chi connectivity index (χ1n) is 5.39. The lowest BCUT2D eigenvalue weighted by atomic mass is 10.3. The van der Waals surface area contributed by atoms with Crippen molar-refractivity contribution in [2.24, 2.45) is 12.2 Å². The molecule has 0 radical (unpaired) electrons. The molecule has 0 spiro atoms. The van der Waals surface area contributed by atoms with Crippen LogP contribution in [-0.2, 0) is 23.7 Å². The minimum Gasteiger partial charge on any atom is -0.484 e. The summed E-state index contributed by atoms with van der Waals surface area (Å²) in [4.78, 5) is 2.93. The zero-order valence-electron chi connectivity index (χ0n) is 10.4. The third-order valence-corrected chi connectivity index (χ3v) is 3.54. The minimum absolute atomic E-state index is 0.0401. The van der Waals surface area contributed by atoms with Gasteiger partial charge in [-0.3, -0.25) is 0 Å². The number of nitrogens with two attached hydrogens (primary N) is 1. The molecule has 0 saturated heterocycles. The molecule has 0 amide bonds. The Morgan fingerprint density at radius 2 is 2.05 bits per heavy atom. The molecular formula is C11H11F2N3O3S. The topological polar surface area (TPSA) is 87.2 Å². The average molecular weight is 303 g/mol. The summed E-state index contributed by atoms with van der Waals surface area (Å²) >= 11 is 0. The standard InChI is InChI=1S/C11H11F2N3O3S/c1-16-6-15-4-7(16)5-19-8-2-3-9(20(14,17)18)11(13)10(8)12/h2-4,6H,5H2,1H3,(H2,14,17,18). The molecule has 20 heavy (non-hydrogen) atoms. The zero-order chi connectivity index (χ0) is 14.9. The number of sulfonamides is 1. The molecule has 0 saturated carbocycles. The van der Waals surface area contributed by atoms with Crippen LogP contribution in [0.15, 0.2) is 29.6 Å². The number of aryl methyl sites for hydroxylation is 1. The Kier molecular flexibility index (Phi) is 3.73. The normalized spacial score (nSPS) is 11.6. The largest absolute Gasteiger partial charge is 0.484 e. The lowest BCUT2D eigenvalue weighted by molar-refractivity contribution is 0.275. The van der Waals surface area contributed by atoms with Gasteiger partial charge in [-0.25, -0.2) is 22.9 Å². The summed E-state index contributed by atoms with van der Waals surface area (Å²) in [6, 6.07) is 1.86. The van der Waals surface area contributed by atoms with Crippen molar-refractivity contribution in [2.45, 2.75) is 11.5 Å². The van der Waals surface area contributed by atoms with Crippen molar-refractivity contribution in [2.75, 3.05) is 0 Å². The molecule has 0 aliphatic carbocycles. The van der Waals surface area contributed by atoms with Gasteiger partial charge in [0.05, 0.1) is 18.2 Å². The predicted octanol–water partition coefficient (Wildman–Crippen LogP) is 0.925. The van der Waals surface area contributed by atoms with Crippen molar-refractivity contribution in [3.05, 3.63) is 42.0 Å². The van der Waals surface area contributed by atoms with Crippen molar-refractivity contribution in [3.8, 4) is 5.75 Å². The molecule has 1 heterocycles. The molecule has 2 aromatic rings. The van der Waals surface area contributed by atoms with Crippen LogP contribution in [0.1, 0.15) is 5.69 Å². The Balaban J connectivity index is 2.27. The maximum absolute atomic E-state index is 13.7. The Labute approximate surface area is 113 Å². The van der Waals surface area contributed by atoms with Crippen molar-refractivity contribution >= 4 is 10.0 Å². The second-order valence-electron chi connectivity index (χ2n) is 4.02. The fraction of sp³-hybridized carbons (Fsp3) is 0.182. The molecule has 1 aromatic carbocycles. The van der Waals surface area contributed by atoms with Crippen LogP contribution < -0.4 is 9.88 Å². The number of imidazole rings is 1. The summed E-state index contributed by atoms with van der Waals surface area (Å²) in [5, 5.41) is 4.76. The van der Waals surface area contributed by atoms with Crippen molar-refractivity contribution in [1.82, 2.24) is 9.55 Å². The van der Waals surface area contributed by atoms with Crippen LogP contribution >= 0.6 is 0 Å². The van der Waals surface area contributed by atoms with E-state index in [0.29, 0.717) is 5.69 Å². The fourth-order valence-electron chi connectivity index (χ4n) is 1.52. The first-order chi connectivity index (χ1) is 9.30. The number of aromatic nitrogens is 2. The van der Waals surface area contributed by atoms with Gasteiger partial charge < -0.3 is 9.30 Å². The van der Waals surface area contributed by atoms with Crippen LogP contribution in [0.2, 0.25) is 0 Å². The summed E-state index contributed by atoms with van der Waals surface area (Å²) in [6.07, 6.45) is 3.03. The summed E-state index contributed by atoms with van der Waals surface area (Å²) in [5.41, 5.74) is 0.639. The van der Waals surface area contributed by atoms with Crippen molar-refractivity contribution in [1.29, 1.82) is 0 Å². The highest BCUT2D eigenvalue weighted by Crippen LogP contribution is 2.25. The quantitative estimate of drug-likeness (QED) is 0.910. The van der Waals surface area contributed by atoms with Crippen LogP contribution in [0.5, 0.6) is 5.75 Å². The lowest BCUT2D eigenvalue weighted by Gasteiger charge is -2.09. The zero-order valence-corrected chi connectivity index (χ0v) is 11.2. The van der Waals surface area contributed by atoms with E-state index in [-0.39, 0.29) is 6.61 Å². The summed E-state index contributed by atoms with van der Waals surface area (Å²) in [6.45, 7) is -0.0401. The number of hydrogen-bond donors (Lipinski definition) is 1. The van der Waals surface area contributed by atoms with Gasteiger partial charge >= 0.3 is 0 Å². The van der Waals surface area contributed by atoms with E-state index in [1.807, 2.05) is 0 Å². The van der Waals surface area contributed by atoms with Crippen LogP contribution in [0.25, 0.3) is 0 Å². The highest BCUT2D eigenvalue weighted by molar-refractivity contribution is 7.89. The minimum atomic E-state index is -4.32. The number of hydrogen-bond acceptors (Lipinski definition) is 4. The highest BCUT2D eigenvalue weighted by atomic mass is 32.2. The number of rotatable bonds is 4. The van der Waals surface area contributed by atoms with Crippen LogP contribution in [0.4, 0.5) is 8.78 Å². The summed E-state index contributed by atoms with van der Waals surface area (Å²) in [7, 11) is -2.61. The van der Waals surface area contributed by atoms with Gasteiger partial charge in [0.2, 0.25) is 15.8 Å². The third kappa shape index (κ3) is 2.78. The first-order valence-corrected chi connectivity index (χ1v) is 6.94. The Morgan fingerprint density at radius 3 is 2.60 bits per heavy atom. The van der Waals surface area contributed by atoms with E-state index in [1.54, 1.807) is 11.6 Å². The smallest absolute Gasteiger partial charge is 0.241 e. The Bertz CT molecular complexity index is 743. The second kappa shape index (κ2) is 5.17. The Morgan fingerprint density at radius 1 is 1.35 bits per heavy atom. The van der Waals surface area contributed by atoms with Crippen molar-refractivity contribution in [3.63, 3.8) is 0 Å². The molecule has 0 aliphatic rings. The summed E-state index contributed by atoms with van der Waals surface area (Å²) < 4.78 is 56.0. The molecule has 2 rings (SSSR count). The van der Waals surface area contributed by atoms with E-state index in [0.717, 1.165) is 12.1 Å².